The van der Waals surface area contributed by atoms with Crippen LogP contribution in [0.2, 0.25) is 0 Å². The van der Waals surface area contributed by atoms with Gasteiger partial charge < -0.3 is 5.73 Å². The third kappa shape index (κ3) is 3.33. The van der Waals surface area contributed by atoms with Crippen LogP contribution in [-0.4, -0.2) is 10.2 Å². The molecule has 1 saturated carbocycles. The molecule has 0 aromatic carbocycles. The summed E-state index contributed by atoms with van der Waals surface area (Å²) >= 11 is 0. The smallest absolute Gasteiger partial charge is 0.0676 e. The van der Waals surface area contributed by atoms with E-state index >= 15 is 0 Å². The van der Waals surface area contributed by atoms with Crippen LogP contribution in [0.5, 0.6) is 0 Å². The molecule has 1 aromatic rings. The summed E-state index contributed by atoms with van der Waals surface area (Å²) < 4.78 is 0. The Balaban J connectivity index is 2.18. The fourth-order valence-corrected chi connectivity index (χ4v) is 3.38. The van der Waals surface area contributed by atoms with E-state index in [-0.39, 0.29) is 6.04 Å². The summed E-state index contributed by atoms with van der Waals surface area (Å²) in [6.45, 7) is 6.43. The summed E-state index contributed by atoms with van der Waals surface area (Å²) in [5.41, 5.74) is 9.85. The number of hydrogen-bond donors (Lipinski definition) is 1. The predicted molar refractivity (Wildman–Crippen MR) is 78.8 cm³/mol. The van der Waals surface area contributed by atoms with Crippen LogP contribution >= 0.6 is 0 Å². The first-order valence-corrected chi connectivity index (χ1v) is 7.74. The molecule has 106 valence electrons. The molecular formula is C16H27N3. The Morgan fingerprint density at radius 3 is 2.79 bits per heavy atom. The molecule has 3 unspecified atom stereocenters. The van der Waals surface area contributed by atoms with Crippen LogP contribution in [0.1, 0.15) is 68.9 Å². The molecule has 0 saturated heterocycles. The van der Waals surface area contributed by atoms with E-state index in [0.29, 0.717) is 5.92 Å². The van der Waals surface area contributed by atoms with Gasteiger partial charge in [-0.2, -0.15) is 10.2 Å². The van der Waals surface area contributed by atoms with Crippen molar-refractivity contribution in [2.45, 2.75) is 65.3 Å². The molecule has 1 heterocycles. The van der Waals surface area contributed by atoms with Crippen molar-refractivity contribution in [1.29, 1.82) is 0 Å². The van der Waals surface area contributed by atoms with Crippen molar-refractivity contribution in [3.05, 3.63) is 23.0 Å². The topological polar surface area (TPSA) is 51.8 Å². The number of hydrogen-bond acceptors (Lipinski definition) is 3. The monoisotopic (exact) mass is 261 g/mol. The molecule has 0 aliphatic heterocycles. The Kier molecular flexibility index (Phi) is 4.92. The maximum atomic E-state index is 6.56. The van der Waals surface area contributed by atoms with E-state index in [9.17, 15) is 0 Å². The molecule has 0 amide bonds. The van der Waals surface area contributed by atoms with Crippen LogP contribution in [0.25, 0.3) is 0 Å². The van der Waals surface area contributed by atoms with Gasteiger partial charge in [-0.25, -0.2) is 0 Å². The number of aromatic nitrogens is 2. The van der Waals surface area contributed by atoms with Crippen molar-refractivity contribution in [3.8, 4) is 0 Å². The molecule has 2 rings (SSSR count). The van der Waals surface area contributed by atoms with Crippen molar-refractivity contribution in [2.75, 3.05) is 0 Å². The van der Waals surface area contributed by atoms with Gasteiger partial charge in [0.2, 0.25) is 0 Å². The van der Waals surface area contributed by atoms with Crippen molar-refractivity contribution in [3.63, 3.8) is 0 Å². The van der Waals surface area contributed by atoms with E-state index < -0.39 is 0 Å². The van der Waals surface area contributed by atoms with E-state index in [2.05, 4.69) is 30.1 Å². The van der Waals surface area contributed by atoms with Gasteiger partial charge >= 0.3 is 0 Å². The van der Waals surface area contributed by atoms with E-state index in [1.54, 1.807) is 0 Å². The summed E-state index contributed by atoms with van der Waals surface area (Å²) in [5.74, 6) is 1.48. The van der Waals surface area contributed by atoms with Crippen LogP contribution in [0.15, 0.2) is 6.07 Å². The molecule has 3 atom stereocenters. The van der Waals surface area contributed by atoms with Gasteiger partial charge in [0.25, 0.3) is 0 Å². The molecule has 1 aliphatic carbocycles. The van der Waals surface area contributed by atoms with Gasteiger partial charge in [0, 0.05) is 6.04 Å². The van der Waals surface area contributed by atoms with Crippen molar-refractivity contribution < 1.29 is 0 Å². The number of rotatable bonds is 4. The lowest BCUT2D eigenvalue weighted by Crippen LogP contribution is -2.28. The summed E-state index contributed by atoms with van der Waals surface area (Å²) in [5, 5.41) is 8.49. The average molecular weight is 261 g/mol. The first kappa shape index (κ1) is 14.4. The molecule has 3 nitrogen and oxygen atoms in total. The molecule has 1 aliphatic rings. The van der Waals surface area contributed by atoms with Gasteiger partial charge in [-0.15, -0.1) is 0 Å². The second-order valence-electron chi connectivity index (χ2n) is 5.97. The van der Waals surface area contributed by atoms with Gasteiger partial charge in [-0.1, -0.05) is 33.1 Å². The SMILES string of the molecule is CCc1nnc(C)cc1C(N)C1CCCC(CC)C1. The van der Waals surface area contributed by atoms with E-state index in [1.807, 2.05) is 6.92 Å². The highest BCUT2D eigenvalue weighted by Crippen LogP contribution is 2.37. The van der Waals surface area contributed by atoms with Gasteiger partial charge in [0.1, 0.15) is 0 Å². The number of nitrogens with zero attached hydrogens (tertiary/aromatic N) is 2. The summed E-state index contributed by atoms with van der Waals surface area (Å²) in [6, 6.07) is 2.28. The Morgan fingerprint density at radius 1 is 1.32 bits per heavy atom. The summed E-state index contributed by atoms with van der Waals surface area (Å²) in [6.07, 6.45) is 7.46. The standard InChI is InChI=1S/C16H27N3/c1-4-12-7-6-8-13(10-12)16(17)14-9-11(3)18-19-15(14)5-2/h9,12-13,16H,4-8,10,17H2,1-3H3. The summed E-state index contributed by atoms with van der Waals surface area (Å²) in [7, 11) is 0. The lowest BCUT2D eigenvalue weighted by Gasteiger charge is -2.33. The maximum Gasteiger partial charge on any atom is 0.0676 e. The highest BCUT2D eigenvalue weighted by atomic mass is 15.1. The first-order chi connectivity index (χ1) is 9.15. The van der Waals surface area contributed by atoms with E-state index in [4.69, 9.17) is 5.73 Å². The molecule has 0 spiro atoms. The number of nitrogens with two attached hydrogens (primary N) is 1. The zero-order valence-corrected chi connectivity index (χ0v) is 12.5. The van der Waals surface area contributed by atoms with Crippen LogP contribution in [-0.2, 0) is 6.42 Å². The minimum Gasteiger partial charge on any atom is -0.324 e. The normalized spacial score (nSPS) is 25.3. The molecule has 3 heteroatoms. The zero-order chi connectivity index (χ0) is 13.8. The summed E-state index contributed by atoms with van der Waals surface area (Å²) in [4.78, 5) is 0. The minimum absolute atomic E-state index is 0.137. The fraction of sp³-hybridized carbons (Fsp3) is 0.750. The van der Waals surface area contributed by atoms with Gasteiger partial charge in [0.15, 0.2) is 0 Å². The fourth-order valence-electron chi connectivity index (χ4n) is 3.38. The number of aryl methyl sites for hydroxylation is 2. The molecule has 0 bridgehead atoms. The third-order valence-electron chi connectivity index (χ3n) is 4.63. The highest BCUT2D eigenvalue weighted by molar-refractivity contribution is 5.25. The largest absolute Gasteiger partial charge is 0.324 e. The van der Waals surface area contributed by atoms with Gasteiger partial charge in [-0.05, 0) is 49.7 Å². The molecule has 19 heavy (non-hydrogen) atoms. The van der Waals surface area contributed by atoms with Crippen LogP contribution in [0.4, 0.5) is 0 Å². The van der Waals surface area contributed by atoms with Crippen molar-refractivity contribution in [2.24, 2.45) is 17.6 Å². The third-order valence-corrected chi connectivity index (χ3v) is 4.63. The quantitative estimate of drug-likeness (QED) is 0.901. The van der Waals surface area contributed by atoms with E-state index in [1.165, 1.54) is 37.7 Å². The molecule has 2 N–H and O–H groups in total. The Morgan fingerprint density at radius 2 is 2.11 bits per heavy atom. The lowest BCUT2D eigenvalue weighted by molar-refractivity contribution is 0.229. The molecular weight excluding hydrogens is 234 g/mol. The minimum atomic E-state index is 0.137. The highest BCUT2D eigenvalue weighted by Gasteiger charge is 2.28. The predicted octanol–water partition coefficient (Wildman–Crippen LogP) is 3.56. The molecule has 1 fully saturated rings. The van der Waals surface area contributed by atoms with Gasteiger partial charge in [0.05, 0.1) is 11.4 Å². The second-order valence-corrected chi connectivity index (χ2v) is 5.97. The van der Waals surface area contributed by atoms with Crippen molar-refractivity contribution >= 4 is 0 Å². The van der Waals surface area contributed by atoms with Crippen LogP contribution < -0.4 is 5.73 Å². The van der Waals surface area contributed by atoms with Crippen molar-refractivity contribution in [1.82, 2.24) is 10.2 Å². The Hall–Kier alpha value is -0.960. The van der Waals surface area contributed by atoms with E-state index in [0.717, 1.165) is 23.7 Å². The molecule has 1 aromatic heterocycles. The average Bonchev–Trinajstić information content (AvgIpc) is 2.46. The van der Waals surface area contributed by atoms with Crippen LogP contribution in [0, 0.1) is 18.8 Å². The zero-order valence-electron chi connectivity index (χ0n) is 12.5. The first-order valence-electron chi connectivity index (χ1n) is 7.74. The van der Waals surface area contributed by atoms with Gasteiger partial charge in [-0.3, -0.25) is 0 Å². The second kappa shape index (κ2) is 6.47. The Bertz CT molecular complexity index is 416. The maximum absolute atomic E-state index is 6.56. The lowest BCUT2D eigenvalue weighted by atomic mass is 9.75. The van der Waals surface area contributed by atoms with Crippen LogP contribution in [0.3, 0.4) is 0 Å². The Labute approximate surface area is 117 Å². The molecule has 0 radical (unpaired) electrons.